The fourth-order valence-electron chi connectivity index (χ4n) is 5.08. The van der Waals surface area contributed by atoms with Gasteiger partial charge in [-0.25, -0.2) is 24.5 Å². The molecule has 0 saturated carbocycles. The quantitative estimate of drug-likeness (QED) is 0.354. The van der Waals surface area contributed by atoms with E-state index in [0.29, 0.717) is 5.56 Å². The van der Waals surface area contributed by atoms with Gasteiger partial charge < -0.3 is 14.5 Å². The fourth-order valence-corrected chi connectivity index (χ4v) is 5.59. The van der Waals surface area contributed by atoms with E-state index in [4.69, 9.17) is 27.9 Å². The minimum Gasteiger partial charge on any atom is -0.464 e. The van der Waals surface area contributed by atoms with Crippen LogP contribution in [0.2, 0.25) is 10.0 Å². The van der Waals surface area contributed by atoms with Crippen molar-refractivity contribution in [1.82, 2.24) is 14.9 Å². The number of hydrogen-bond acceptors (Lipinski definition) is 8. The number of carbonyl (C=O) groups excluding carboxylic acids is 3. The van der Waals surface area contributed by atoms with E-state index in [9.17, 15) is 19.6 Å². The molecular formula is C26H20Cl2N6O4. The van der Waals surface area contributed by atoms with Gasteiger partial charge in [0.2, 0.25) is 5.95 Å². The second-order valence-electron chi connectivity index (χ2n) is 8.93. The minimum absolute atomic E-state index is 0.0498. The normalized spacial score (nSPS) is 20.8. The Morgan fingerprint density at radius 2 is 1.82 bits per heavy atom. The van der Waals surface area contributed by atoms with Crippen molar-refractivity contribution in [3.63, 3.8) is 0 Å². The summed E-state index contributed by atoms with van der Waals surface area (Å²) in [4.78, 5) is 52.8. The highest BCUT2D eigenvalue weighted by atomic mass is 35.5. The largest absolute Gasteiger partial charge is 0.464 e. The summed E-state index contributed by atoms with van der Waals surface area (Å²) in [5.41, 5.74) is 0.164. The molecule has 5 rings (SSSR count). The number of hydrogen-bond donors (Lipinski definition) is 0. The number of ether oxygens (including phenoxy) is 1. The smallest absolute Gasteiger partial charge is 0.356 e. The number of rotatable bonds is 4. The van der Waals surface area contributed by atoms with Crippen molar-refractivity contribution in [2.24, 2.45) is 0 Å². The molecular weight excluding hydrogens is 531 g/mol. The third kappa shape index (κ3) is 4.00. The number of anilines is 2. The molecule has 0 radical (unpaired) electrons. The molecule has 2 aliphatic rings. The number of nitriles is 1. The second-order valence-corrected chi connectivity index (χ2v) is 9.81. The molecule has 3 amide bonds. The van der Waals surface area contributed by atoms with Crippen molar-refractivity contribution < 1.29 is 19.1 Å². The molecule has 10 nitrogen and oxygen atoms in total. The molecule has 0 N–H and O–H groups in total. The monoisotopic (exact) mass is 550 g/mol. The van der Waals surface area contributed by atoms with Crippen LogP contribution in [0.3, 0.4) is 0 Å². The molecule has 2 aromatic carbocycles. The highest BCUT2D eigenvalue weighted by Gasteiger charge is 2.64. The van der Waals surface area contributed by atoms with E-state index in [1.54, 1.807) is 36.2 Å². The standard InChI is InChI=1S/C26H20Cl2N6O4/c1-32-25(37)34(19-10-17(27)9-18(28)11-19)23(36)26(32)14-33(24-30-8-7-21(31-24)22(35)38-2)13-20(26)16-5-3-15(12-29)4-6-16/h3-11,20H,13-14H2,1-2H3/t20-,26+/m0/s1. The number of carbonyl (C=O) groups is 3. The van der Waals surface area contributed by atoms with E-state index >= 15 is 0 Å². The third-order valence-electron chi connectivity index (χ3n) is 6.93. The van der Waals surface area contributed by atoms with Crippen LogP contribution in [-0.2, 0) is 9.53 Å². The van der Waals surface area contributed by atoms with E-state index in [-0.39, 0.29) is 40.5 Å². The second kappa shape index (κ2) is 9.59. The van der Waals surface area contributed by atoms with Crippen LogP contribution in [0.15, 0.2) is 54.7 Å². The molecule has 0 bridgehead atoms. The summed E-state index contributed by atoms with van der Waals surface area (Å²) in [7, 11) is 2.82. The van der Waals surface area contributed by atoms with E-state index in [1.165, 1.54) is 42.5 Å². The maximum atomic E-state index is 14.3. The van der Waals surface area contributed by atoms with Crippen LogP contribution >= 0.6 is 23.2 Å². The highest BCUT2D eigenvalue weighted by Crippen LogP contribution is 2.47. The summed E-state index contributed by atoms with van der Waals surface area (Å²) in [6.45, 7) is 0.304. The molecule has 2 aliphatic heterocycles. The van der Waals surface area contributed by atoms with Gasteiger partial charge in [-0.3, -0.25) is 4.79 Å². The number of halogens is 2. The number of amides is 3. The molecule has 2 atom stereocenters. The molecule has 0 unspecified atom stereocenters. The van der Waals surface area contributed by atoms with Gasteiger partial charge in [0.05, 0.1) is 31.0 Å². The van der Waals surface area contributed by atoms with Crippen molar-refractivity contribution in [2.75, 3.05) is 37.0 Å². The molecule has 1 spiro atoms. The predicted octanol–water partition coefficient (Wildman–Crippen LogP) is 3.88. The van der Waals surface area contributed by atoms with Crippen LogP contribution in [0.1, 0.15) is 27.5 Å². The number of urea groups is 1. The summed E-state index contributed by atoms with van der Waals surface area (Å²) < 4.78 is 4.78. The van der Waals surface area contributed by atoms with E-state index in [0.717, 1.165) is 10.5 Å². The zero-order valence-corrected chi connectivity index (χ0v) is 21.8. The summed E-state index contributed by atoms with van der Waals surface area (Å²) in [6, 6.07) is 14.4. The average Bonchev–Trinajstić information content (AvgIpc) is 3.41. The molecule has 3 aromatic rings. The van der Waals surface area contributed by atoms with E-state index < -0.39 is 29.4 Å². The molecule has 1 aromatic heterocycles. The minimum atomic E-state index is -1.36. The SMILES string of the molecule is COC(=O)c1ccnc(N2C[C@@H](c3ccc(C#N)cc3)[C@]3(C2)C(=O)N(c2cc(Cl)cc(Cl)c2)C(=O)N3C)n1. The van der Waals surface area contributed by atoms with Gasteiger partial charge in [-0.15, -0.1) is 0 Å². The van der Waals surface area contributed by atoms with Crippen molar-refractivity contribution in [3.8, 4) is 6.07 Å². The van der Waals surface area contributed by atoms with Crippen LogP contribution < -0.4 is 9.80 Å². The Balaban J connectivity index is 1.63. The Morgan fingerprint density at radius 3 is 2.45 bits per heavy atom. The topological polar surface area (TPSA) is 120 Å². The fraction of sp³-hybridized carbons (Fsp3) is 0.231. The Labute approximate surface area is 227 Å². The molecule has 12 heteroatoms. The van der Waals surface area contributed by atoms with Crippen molar-refractivity contribution in [2.45, 2.75) is 11.5 Å². The summed E-state index contributed by atoms with van der Waals surface area (Å²) in [5, 5.41) is 9.82. The van der Waals surface area contributed by atoms with Crippen molar-refractivity contribution >= 4 is 52.7 Å². The van der Waals surface area contributed by atoms with Crippen LogP contribution in [0.25, 0.3) is 0 Å². The summed E-state index contributed by atoms with van der Waals surface area (Å²) >= 11 is 12.4. The van der Waals surface area contributed by atoms with Gasteiger partial charge in [0, 0.05) is 35.8 Å². The van der Waals surface area contributed by atoms with Gasteiger partial charge in [0.1, 0.15) is 5.54 Å². The lowest BCUT2D eigenvalue weighted by Gasteiger charge is -2.33. The maximum Gasteiger partial charge on any atom is 0.356 e. The summed E-state index contributed by atoms with van der Waals surface area (Å²) in [5.74, 6) is -1.41. The molecule has 38 heavy (non-hydrogen) atoms. The molecule has 3 heterocycles. The highest BCUT2D eigenvalue weighted by molar-refractivity contribution is 6.35. The lowest BCUT2D eigenvalue weighted by molar-refractivity contribution is -0.124. The first-order valence-electron chi connectivity index (χ1n) is 11.4. The Bertz CT molecular complexity index is 1490. The number of methoxy groups -OCH3 is 1. The van der Waals surface area contributed by atoms with E-state index in [1.807, 2.05) is 0 Å². The first-order chi connectivity index (χ1) is 18.2. The zero-order valence-electron chi connectivity index (χ0n) is 20.3. The van der Waals surface area contributed by atoms with Gasteiger partial charge in [-0.05, 0) is 42.0 Å². The Hall–Kier alpha value is -4.20. The van der Waals surface area contributed by atoms with Gasteiger partial charge in [0.15, 0.2) is 5.69 Å². The van der Waals surface area contributed by atoms with Gasteiger partial charge in [0.25, 0.3) is 5.91 Å². The zero-order chi connectivity index (χ0) is 27.2. The lowest BCUT2D eigenvalue weighted by atomic mass is 9.80. The van der Waals surface area contributed by atoms with E-state index in [2.05, 4.69) is 16.0 Å². The first kappa shape index (κ1) is 25.4. The van der Waals surface area contributed by atoms with Crippen LogP contribution in [0, 0.1) is 11.3 Å². The molecule has 192 valence electrons. The number of aromatic nitrogens is 2. The maximum absolute atomic E-state index is 14.3. The molecule has 2 saturated heterocycles. The van der Waals surface area contributed by atoms with Crippen LogP contribution in [0.4, 0.5) is 16.4 Å². The molecule has 0 aliphatic carbocycles. The average molecular weight is 551 g/mol. The van der Waals surface area contributed by atoms with Crippen LogP contribution in [-0.4, -0.2) is 65.6 Å². The predicted molar refractivity (Wildman–Crippen MR) is 139 cm³/mol. The summed E-state index contributed by atoms with van der Waals surface area (Å²) in [6.07, 6.45) is 1.43. The Morgan fingerprint density at radius 1 is 1.13 bits per heavy atom. The lowest BCUT2D eigenvalue weighted by Crippen LogP contribution is -2.53. The number of benzene rings is 2. The number of esters is 1. The van der Waals surface area contributed by atoms with Crippen molar-refractivity contribution in [3.05, 3.63) is 81.6 Å². The third-order valence-corrected chi connectivity index (χ3v) is 7.37. The molecule has 2 fully saturated rings. The van der Waals surface area contributed by atoms with Gasteiger partial charge in [-0.2, -0.15) is 5.26 Å². The van der Waals surface area contributed by atoms with Crippen LogP contribution in [0.5, 0.6) is 0 Å². The number of imide groups is 1. The van der Waals surface area contributed by atoms with Crippen molar-refractivity contribution in [1.29, 1.82) is 5.26 Å². The Kier molecular flexibility index (Phi) is 6.42. The first-order valence-corrected chi connectivity index (χ1v) is 12.2. The van der Waals surface area contributed by atoms with Gasteiger partial charge >= 0.3 is 12.0 Å². The number of likely N-dealkylation sites (N-methyl/N-ethyl adjacent to an activating group) is 1. The number of nitrogens with zero attached hydrogens (tertiary/aromatic N) is 6. The van der Waals surface area contributed by atoms with Gasteiger partial charge in [-0.1, -0.05) is 35.3 Å².